The molecule has 0 amide bonds. The zero-order chi connectivity index (χ0) is 22.1. The van der Waals surface area contributed by atoms with Crippen molar-refractivity contribution in [2.75, 3.05) is 11.9 Å². The Labute approximate surface area is 187 Å². The Bertz CT molecular complexity index is 943. The Kier molecular flexibility index (Phi) is 8.28. The Morgan fingerprint density at radius 1 is 1.10 bits per heavy atom. The molecule has 1 heterocycles. The van der Waals surface area contributed by atoms with Gasteiger partial charge in [-0.2, -0.15) is 0 Å². The second-order valence-corrected chi connectivity index (χ2v) is 7.86. The zero-order valence-electron chi connectivity index (χ0n) is 18.8. The maximum Gasteiger partial charge on any atom is 0.162 e. The van der Waals surface area contributed by atoms with Gasteiger partial charge in [-0.1, -0.05) is 75.4 Å². The summed E-state index contributed by atoms with van der Waals surface area (Å²) in [6, 6.07) is 16.5. The third-order valence-corrected chi connectivity index (χ3v) is 5.52. The molecular weight excluding hydrogens is 380 g/mol. The molecule has 0 radical (unpaired) electrons. The van der Waals surface area contributed by atoms with Gasteiger partial charge in [-0.15, -0.1) is 6.58 Å². The van der Waals surface area contributed by atoms with E-state index in [1.54, 1.807) is 0 Å². The molecular formula is C28H34N2O. The Hall–Kier alpha value is -3.07. The van der Waals surface area contributed by atoms with E-state index in [-0.39, 0.29) is 6.10 Å². The number of aliphatic imine (C=N–C) groups is 1. The summed E-state index contributed by atoms with van der Waals surface area (Å²) in [5.74, 6) is 1.12. The van der Waals surface area contributed by atoms with Gasteiger partial charge < -0.3 is 10.1 Å². The van der Waals surface area contributed by atoms with Gasteiger partial charge in [0.2, 0.25) is 0 Å². The molecule has 0 bridgehead atoms. The van der Waals surface area contributed by atoms with Gasteiger partial charge in [0.1, 0.15) is 5.75 Å². The van der Waals surface area contributed by atoms with Crippen LogP contribution in [0, 0.1) is 5.92 Å². The summed E-state index contributed by atoms with van der Waals surface area (Å²) in [4.78, 5) is 5.00. The number of nitrogens with zero attached hydrogens (tertiary/aromatic N) is 1. The van der Waals surface area contributed by atoms with E-state index in [0.717, 1.165) is 66.2 Å². The van der Waals surface area contributed by atoms with E-state index < -0.39 is 0 Å². The van der Waals surface area contributed by atoms with E-state index in [4.69, 9.17) is 9.73 Å². The molecule has 3 heteroatoms. The molecule has 0 aliphatic carbocycles. The summed E-state index contributed by atoms with van der Waals surface area (Å²) in [6.45, 7) is 13.3. The van der Waals surface area contributed by atoms with Gasteiger partial charge in [-0.3, -0.25) is 4.99 Å². The minimum absolute atomic E-state index is 0.228. The largest absolute Gasteiger partial charge is 0.480 e. The Morgan fingerprint density at radius 2 is 1.90 bits per heavy atom. The van der Waals surface area contributed by atoms with Gasteiger partial charge in [-0.05, 0) is 36.6 Å². The average molecular weight is 415 g/mol. The zero-order valence-corrected chi connectivity index (χ0v) is 18.8. The van der Waals surface area contributed by atoms with Crippen molar-refractivity contribution in [1.29, 1.82) is 0 Å². The Morgan fingerprint density at radius 3 is 2.58 bits per heavy atom. The van der Waals surface area contributed by atoms with Crippen molar-refractivity contribution in [3.8, 4) is 5.75 Å². The summed E-state index contributed by atoms with van der Waals surface area (Å²) < 4.78 is 6.54. The van der Waals surface area contributed by atoms with Crippen LogP contribution in [0.1, 0.15) is 56.8 Å². The van der Waals surface area contributed by atoms with Gasteiger partial charge in [-0.25, -0.2) is 0 Å². The molecule has 2 aromatic rings. The lowest BCUT2D eigenvalue weighted by molar-refractivity contribution is 0.272. The van der Waals surface area contributed by atoms with Gasteiger partial charge in [0.05, 0.1) is 5.71 Å². The third-order valence-electron chi connectivity index (χ3n) is 5.52. The highest BCUT2D eigenvalue weighted by Gasteiger charge is 2.25. The standard InChI is InChI=1S/C28H34N2O/c1-5-12-21(7-3)26-17-18-27(30-26)28(23-13-10-9-11-14-23)31-24-15-16-25(29-19-6-2)22(8-4)20-24/h7-11,13-17,20-21,28-29H,3-6,12,18-19H2,1-2H3. The van der Waals surface area contributed by atoms with Crippen LogP contribution in [-0.2, 0) is 0 Å². The lowest BCUT2D eigenvalue weighted by Crippen LogP contribution is -2.18. The number of hydrogen-bond acceptors (Lipinski definition) is 3. The molecule has 3 nitrogen and oxygen atoms in total. The van der Waals surface area contributed by atoms with E-state index in [1.165, 1.54) is 0 Å². The maximum atomic E-state index is 6.54. The third kappa shape index (κ3) is 5.75. The van der Waals surface area contributed by atoms with Crippen molar-refractivity contribution in [1.82, 2.24) is 0 Å². The van der Waals surface area contributed by atoms with Crippen LogP contribution in [-0.4, -0.2) is 12.3 Å². The molecule has 0 saturated heterocycles. The summed E-state index contributed by atoms with van der Waals surface area (Å²) in [5, 5.41) is 3.45. The summed E-state index contributed by atoms with van der Waals surface area (Å²) in [7, 11) is 0. The number of ether oxygens (including phenoxy) is 1. The highest BCUT2D eigenvalue weighted by Crippen LogP contribution is 2.33. The predicted octanol–water partition coefficient (Wildman–Crippen LogP) is 7.60. The Balaban J connectivity index is 1.88. The first-order chi connectivity index (χ1) is 15.2. The van der Waals surface area contributed by atoms with Crippen LogP contribution < -0.4 is 10.1 Å². The van der Waals surface area contributed by atoms with Crippen LogP contribution in [0.25, 0.3) is 6.08 Å². The van der Waals surface area contributed by atoms with Gasteiger partial charge >= 0.3 is 0 Å². The quantitative estimate of drug-likeness (QED) is 0.363. The van der Waals surface area contributed by atoms with E-state index in [2.05, 4.69) is 62.7 Å². The fourth-order valence-electron chi connectivity index (χ4n) is 3.86. The topological polar surface area (TPSA) is 33.6 Å². The molecule has 2 atom stereocenters. The van der Waals surface area contributed by atoms with E-state index >= 15 is 0 Å². The predicted molar refractivity (Wildman–Crippen MR) is 134 cm³/mol. The summed E-state index contributed by atoms with van der Waals surface area (Å²) in [5.41, 5.74) is 5.38. The second-order valence-electron chi connectivity index (χ2n) is 7.86. The fourth-order valence-corrected chi connectivity index (χ4v) is 3.86. The smallest absolute Gasteiger partial charge is 0.162 e. The molecule has 3 rings (SSSR count). The van der Waals surface area contributed by atoms with Gasteiger partial charge in [0.25, 0.3) is 0 Å². The monoisotopic (exact) mass is 414 g/mol. The molecule has 1 aliphatic heterocycles. The van der Waals surface area contributed by atoms with Crippen molar-refractivity contribution in [2.24, 2.45) is 10.9 Å². The molecule has 162 valence electrons. The van der Waals surface area contributed by atoms with Crippen molar-refractivity contribution in [3.05, 3.63) is 90.7 Å². The average Bonchev–Trinajstić information content (AvgIpc) is 3.30. The van der Waals surface area contributed by atoms with Gasteiger partial charge in [0, 0.05) is 35.8 Å². The first kappa shape index (κ1) is 22.6. The summed E-state index contributed by atoms with van der Waals surface area (Å²) in [6.07, 6.45) is 9.93. The summed E-state index contributed by atoms with van der Waals surface area (Å²) >= 11 is 0. The van der Waals surface area contributed by atoms with E-state index in [1.807, 2.05) is 36.4 Å². The normalized spacial score (nSPS) is 14.9. The minimum atomic E-state index is -0.228. The SMILES string of the molecule is C=Cc1cc(OC(C2=NC(C(C=C)CCC)=CC2)c2ccccc2)ccc1NCCC. The lowest BCUT2D eigenvalue weighted by Gasteiger charge is -2.21. The number of hydrogen-bond donors (Lipinski definition) is 1. The molecule has 0 spiro atoms. The molecule has 1 N–H and O–H groups in total. The van der Waals surface area contributed by atoms with Crippen LogP contribution in [0.5, 0.6) is 5.75 Å². The number of nitrogens with one attached hydrogen (secondary N) is 1. The van der Waals surface area contributed by atoms with Crippen molar-refractivity contribution >= 4 is 17.5 Å². The van der Waals surface area contributed by atoms with Crippen LogP contribution in [0.15, 0.2) is 84.5 Å². The fraction of sp³-hybridized carbons (Fsp3) is 0.321. The highest BCUT2D eigenvalue weighted by atomic mass is 16.5. The highest BCUT2D eigenvalue weighted by molar-refractivity contribution is 5.94. The molecule has 1 aliphatic rings. The number of rotatable bonds is 12. The second kappa shape index (κ2) is 11.4. The number of benzene rings is 2. The number of anilines is 1. The molecule has 0 fully saturated rings. The number of allylic oxidation sites excluding steroid dienone is 2. The van der Waals surface area contributed by atoms with Crippen LogP contribution in [0.4, 0.5) is 5.69 Å². The molecule has 2 aromatic carbocycles. The first-order valence-electron chi connectivity index (χ1n) is 11.3. The van der Waals surface area contributed by atoms with Crippen LogP contribution in [0.3, 0.4) is 0 Å². The lowest BCUT2D eigenvalue weighted by atomic mass is 10.00. The van der Waals surface area contributed by atoms with Gasteiger partial charge in [0.15, 0.2) is 6.10 Å². The van der Waals surface area contributed by atoms with Crippen molar-refractivity contribution in [2.45, 2.75) is 45.6 Å². The van der Waals surface area contributed by atoms with E-state index in [9.17, 15) is 0 Å². The minimum Gasteiger partial charge on any atom is -0.480 e. The molecule has 2 unspecified atom stereocenters. The van der Waals surface area contributed by atoms with Crippen LogP contribution >= 0.6 is 0 Å². The first-order valence-corrected chi connectivity index (χ1v) is 11.3. The van der Waals surface area contributed by atoms with E-state index in [0.29, 0.717) is 5.92 Å². The van der Waals surface area contributed by atoms with Crippen LogP contribution in [0.2, 0.25) is 0 Å². The molecule has 0 saturated carbocycles. The van der Waals surface area contributed by atoms with Crippen molar-refractivity contribution in [3.63, 3.8) is 0 Å². The maximum absolute atomic E-state index is 6.54. The van der Waals surface area contributed by atoms with Crippen molar-refractivity contribution < 1.29 is 4.74 Å². The molecule has 0 aromatic heterocycles. The molecule has 31 heavy (non-hydrogen) atoms.